The molecule has 0 N–H and O–H groups in total. The molecule has 2 aliphatic heterocycles. The standard InChI is InChI=1S/C102H85BN4/c1-100(2,3)78-56-76(57-79(63-78)101(4,5)6)77-61-96-98-97(62-77)107(99-87(71-39-23-13-24-40-71)64-80(102(7,8)9)65-88(99)72-41-25-14-26-42-72)95-67-84(105-92-48-32-31-47-86(92)89-66-83(51-54-93(89)105)104(81-43-27-15-28-44-81)82-45-29-16-30-46-82)50-53-91(95)103(98)90-52-49-73(68-33-17-10-18-34-68)60-94(90)106(96)85-58-74(69-35-19-11-20-36-69)55-75(59-85)70-37-21-12-22-38-70/h10-67H,1-9H3. The maximum Gasteiger partial charge on any atom is 0.252 e. The topological polar surface area (TPSA) is 14.7 Å². The Morgan fingerprint density at radius 3 is 1.17 bits per heavy atom. The second-order valence-electron chi connectivity index (χ2n) is 32.2. The lowest BCUT2D eigenvalue weighted by Gasteiger charge is -2.45. The summed E-state index contributed by atoms with van der Waals surface area (Å²) in [5, 5.41) is 2.36. The summed E-state index contributed by atoms with van der Waals surface area (Å²) < 4.78 is 2.53. The summed E-state index contributed by atoms with van der Waals surface area (Å²) in [6, 6.07) is 133. The Kier molecular flexibility index (Phi) is 16.4. The fourth-order valence-corrected chi connectivity index (χ4v) is 16.6. The highest BCUT2D eigenvalue weighted by Crippen LogP contribution is 2.54. The largest absolute Gasteiger partial charge is 0.311 e. The summed E-state index contributed by atoms with van der Waals surface area (Å²) in [6.45, 7) is 21.0. The van der Waals surface area contributed by atoms with Crippen molar-refractivity contribution in [3.05, 3.63) is 369 Å². The molecule has 3 heterocycles. The summed E-state index contributed by atoms with van der Waals surface area (Å²) in [5.74, 6) is 0. The number of hydrogen-bond acceptors (Lipinski definition) is 3. The average molecular weight is 1380 g/mol. The van der Waals surface area contributed by atoms with Crippen molar-refractivity contribution in [3.8, 4) is 72.4 Å². The van der Waals surface area contributed by atoms with Gasteiger partial charge in [-0.25, -0.2) is 0 Å². The third-order valence-electron chi connectivity index (χ3n) is 22.1. The van der Waals surface area contributed by atoms with Crippen LogP contribution in [0.1, 0.15) is 79.0 Å². The van der Waals surface area contributed by atoms with Crippen molar-refractivity contribution in [3.63, 3.8) is 0 Å². The number of fused-ring (bicyclic) bond motifs is 7. The summed E-state index contributed by atoms with van der Waals surface area (Å²) in [6.07, 6.45) is 0. The maximum absolute atomic E-state index is 2.73. The lowest BCUT2D eigenvalue weighted by Crippen LogP contribution is -2.61. The van der Waals surface area contributed by atoms with Crippen LogP contribution in [0.4, 0.5) is 51.2 Å². The van der Waals surface area contributed by atoms with E-state index in [1.165, 1.54) is 55.0 Å². The highest BCUT2D eigenvalue weighted by molar-refractivity contribution is 7.00. The molecule has 0 atom stereocenters. The van der Waals surface area contributed by atoms with Gasteiger partial charge in [-0.3, -0.25) is 0 Å². The number of hydrogen-bond donors (Lipinski definition) is 0. The van der Waals surface area contributed by atoms with Gasteiger partial charge in [0.15, 0.2) is 0 Å². The summed E-state index contributed by atoms with van der Waals surface area (Å²) in [7, 11) is 0. The van der Waals surface area contributed by atoms with Crippen molar-refractivity contribution in [1.29, 1.82) is 0 Å². The van der Waals surface area contributed by atoms with Gasteiger partial charge < -0.3 is 19.3 Å². The number of aromatic nitrogens is 1. The van der Waals surface area contributed by atoms with Crippen LogP contribution in [0.5, 0.6) is 0 Å². The predicted molar refractivity (Wildman–Crippen MR) is 458 cm³/mol. The molecule has 516 valence electrons. The summed E-state index contributed by atoms with van der Waals surface area (Å²) in [5.41, 5.74) is 34.2. The van der Waals surface area contributed by atoms with Gasteiger partial charge in [0.25, 0.3) is 6.71 Å². The minimum Gasteiger partial charge on any atom is -0.311 e. The van der Waals surface area contributed by atoms with Gasteiger partial charge in [0.05, 0.1) is 16.7 Å². The van der Waals surface area contributed by atoms with Crippen LogP contribution in [0, 0.1) is 0 Å². The number of benzene rings is 15. The van der Waals surface area contributed by atoms with Crippen molar-refractivity contribution >= 4 is 96.1 Å². The Bertz CT molecular complexity index is 5860. The zero-order chi connectivity index (χ0) is 72.9. The lowest BCUT2D eigenvalue weighted by atomic mass is 9.33. The molecule has 0 bridgehead atoms. The Morgan fingerprint density at radius 2 is 0.654 bits per heavy atom. The first-order chi connectivity index (χ1) is 52.0. The van der Waals surface area contributed by atoms with Gasteiger partial charge >= 0.3 is 0 Å². The van der Waals surface area contributed by atoms with E-state index < -0.39 is 0 Å². The number of anilines is 9. The molecule has 2 aliphatic rings. The van der Waals surface area contributed by atoms with Crippen molar-refractivity contribution in [1.82, 2.24) is 4.57 Å². The van der Waals surface area contributed by atoms with E-state index in [0.29, 0.717) is 0 Å². The number of para-hydroxylation sites is 3. The van der Waals surface area contributed by atoms with Crippen LogP contribution in [-0.2, 0) is 16.2 Å². The van der Waals surface area contributed by atoms with Gasteiger partial charge in [0, 0.05) is 73.1 Å². The van der Waals surface area contributed by atoms with E-state index in [0.717, 1.165) is 124 Å². The Morgan fingerprint density at radius 1 is 0.252 bits per heavy atom. The summed E-state index contributed by atoms with van der Waals surface area (Å²) >= 11 is 0. The molecule has 16 aromatic rings. The zero-order valence-corrected chi connectivity index (χ0v) is 62.4. The van der Waals surface area contributed by atoms with E-state index in [2.05, 4.69) is 433 Å². The molecular weight excluding hydrogens is 1290 g/mol. The molecular formula is C102H85BN4. The van der Waals surface area contributed by atoms with Crippen molar-refractivity contribution in [2.75, 3.05) is 14.7 Å². The highest BCUT2D eigenvalue weighted by Gasteiger charge is 2.46. The fourth-order valence-electron chi connectivity index (χ4n) is 16.6. The van der Waals surface area contributed by atoms with Gasteiger partial charge in [0.1, 0.15) is 0 Å². The van der Waals surface area contributed by atoms with Crippen LogP contribution in [0.3, 0.4) is 0 Å². The van der Waals surface area contributed by atoms with E-state index >= 15 is 0 Å². The highest BCUT2D eigenvalue weighted by atomic mass is 15.2. The molecule has 0 saturated heterocycles. The molecule has 0 amide bonds. The molecule has 5 heteroatoms. The minimum atomic E-state index is -0.237. The number of nitrogens with zero attached hydrogens (tertiary/aromatic N) is 4. The van der Waals surface area contributed by atoms with E-state index in [-0.39, 0.29) is 23.0 Å². The SMILES string of the molecule is CC(C)(C)c1cc(-c2cc3c4c(c2)N(c2c(-c5ccccc5)cc(C(C)(C)C)cc2-c2ccccc2)c2cc(-n5c6ccccc6c6cc(N(c7ccccc7)c7ccccc7)ccc65)ccc2B4c2ccc(-c4ccccc4)cc2N3c2cc(-c3ccccc3)cc(-c3ccccc3)c2)cc(C(C)(C)C)c1. The molecule has 1 aromatic heterocycles. The van der Waals surface area contributed by atoms with Crippen molar-refractivity contribution in [2.45, 2.75) is 78.6 Å². The van der Waals surface area contributed by atoms with E-state index in [9.17, 15) is 0 Å². The van der Waals surface area contributed by atoms with Crippen molar-refractivity contribution in [2.24, 2.45) is 0 Å². The molecule has 107 heavy (non-hydrogen) atoms. The lowest BCUT2D eigenvalue weighted by molar-refractivity contribution is 0.569. The van der Waals surface area contributed by atoms with Crippen LogP contribution < -0.4 is 31.1 Å². The maximum atomic E-state index is 2.73. The Hall–Kier alpha value is -12.4. The third kappa shape index (κ3) is 12.0. The molecule has 4 nitrogen and oxygen atoms in total. The molecule has 0 unspecified atom stereocenters. The minimum absolute atomic E-state index is 0.156. The van der Waals surface area contributed by atoms with Gasteiger partial charge in [-0.1, -0.05) is 305 Å². The smallest absolute Gasteiger partial charge is 0.252 e. The van der Waals surface area contributed by atoms with Crippen LogP contribution in [0.2, 0.25) is 0 Å². The average Bonchev–Trinajstić information content (AvgIpc) is 0.858. The van der Waals surface area contributed by atoms with Gasteiger partial charge in [0.2, 0.25) is 0 Å². The van der Waals surface area contributed by atoms with Gasteiger partial charge in [-0.15, -0.1) is 0 Å². The number of rotatable bonds is 12. The first-order valence-electron chi connectivity index (χ1n) is 37.7. The monoisotopic (exact) mass is 1380 g/mol. The second kappa shape index (κ2) is 26.3. The Balaban J connectivity index is 0.998. The molecule has 0 saturated carbocycles. The molecule has 0 radical (unpaired) electrons. The molecule has 0 spiro atoms. The first kappa shape index (κ1) is 66.5. The van der Waals surface area contributed by atoms with Crippen LogP contribution in [0.25, 0.3) is 94.3 Å². The fraction of sp³-hybridized carbons (Fsp3) is 0.118. The molecule has 0 fully saturated rings. The molecule has 18 rings (SSSR count). The van der Waals surface area contributed by atoms with Crippen LogP contribution in [-0.4, -0.2) is 11.3 Å². The normalized spacial score (nSPS) is 12.7. The van der Waals surface area contributed by atoms with Crippen LogP contribution >= 0.6 is 0 Å². The molecule has 15 aromatic carbocycles. The quantitative estimate of drug-likeness (QED) is 0.113. The molecule has 0 aliphatic carbocycles. The zero-order valence-electron chi connectivity index (χ0n) is 62.4. The predicted octanol–water partition coefficient (Wildman–Crippen LogP) is 26.2. The summed E-state index contributed by atoms with van der Waals surface area (Å²) in [4.78, 5) is 7.75. The van der Waals surface area contributed by atoms with Gasteiger partial charge in [-0.05, 0) is 214 Å². The van der Waals surface area contributed by atoms with Crippen molar-refractivity contribution < 1.29 is 0 Å². The van der Waals surface area contributed by atoms with Crippen LogP contribution in [0.15, 0.2) is 352 Å². The first-order valence-corrected chi connectivity index (χ1v) is 37.7. The van der Waals surface area contributed by atoms with Gasteiger partial charge in [-0.2, -0.15) is 0 Å². The van der Waals surface area contributed by atoms with E-state index in [4.69, 9.17) is 0 Å². The Labute approximate surface area is 630 Å². The third-order valence-corrected chi connectivity index (χ3v) is 22.1. The van der Waals surface area contributed by atoms with E-state index in [1.54, 1.807) is 0 Å². The second-order valence-corrected chi connectivity index (χ2v) is 32.2. The van der Waals surface area contributed by atoms with E-state index in [1.807, 2.05) is 0 Å².